The van der Waals surface area contributed by atoms with Crippen molar-refractivity contribution in [3.63, 3.8) is 0 Å². The Kier molecular flexibility index (Phi) is 4.98. The largest absolute Gasteiger partial charge is 0.484 e. The van der Waals surface area contributed by atoms with Gasteiger partial charge in [-0.25, -0.2) is 0 Å². The van der Waals surface area contributed by atoms with Gasteiger partial charge in [-0.1, -0.05) is 12.8 Å². The second-order valence-corrected chi connectivity index (χ2v) is 4.96. The molecule has 0 atom stereocenters. The van der Waals surface area contributed by atoms with Crippen LogP contribution in [0.1, 0.15) is 25.7 Å². The van der Waals surface area contributed by atoms with Gasteiger partial charge in [-0.3, -0.25) is 9.59 Å². The molecule has 2 rings (SSSR count). The van der Waals surface area contributed by atoms with Crippen molar-refractivity contribution in [2.45, 2.75) is 25.7 Å². The maximum absolute atomic E-state index is 12.0. The Bertz CT molecular complexity index is 465. The molecule has 0 aromatic heterocycles. The zero-order valence-electron chi connectivity index (χ0n) is 11.6. The number of nitrogens with one attached hydrogen (secondary N) is 2. The van der Waals surface area contributed by atoms with Crippen LogP contribution in [-0.4, -0.2) is 25.5 Å². The highest BCUT2D eigenvalue weighted by molar-refractivity contribution is 5.92. The Labute approximate surface area is 118 Å². The average Bonchev–Trinajstić information content (AvgIpc) is 3.00. The molecule has 2 N–H and O–H groups in total. The molecule has 2 amide bonds. The van der Waals surface area contributed by atoms with Crippen LogP contribution in [0.4, 0.5) is 5.69 Å². The second-order valence-electron chi connectivity index (χ2n) is 4.96. The van der Waals surface area contributed by atoms with E-state index in [1.165, 1.54) is 0 Å². The molecule has 0 spiro atoms. The molecule has 0 bridgehead atoms. The third kappa shape index (κ3) is 3.98. The molecule has 0 unspecified atom stereocenters. The first kappa shape index (κ1) is 14.4. The first-order chi connectivity index (χ1) is 9.69. The summed E-state index contributed by atoms with van der Waals surface area (Å²) in [5.41, 5.74) is 0.759. The SMILES string of the molecule is CNC(=O)COc1ccc(NC(=O)C2CCCC2)cc1. The number of anilines is 1. The van der Waals surface area contributed by atoms with E-state index in [1.54, 1.807) is 31.3 Å². The van der Waals surface area contributed by atoms with E-state index in [2.05, 4.69) is 10.6 Å². The molecule has 1 fully saturated rings. The smallest absolute Gasteiger partial charge is 0.257 e. The number of rotatable bonds is 5. The highest BCUT2D eigenvalue weighted by atomic mass is 16.5. The van der Waals surface area contributed by atoms with Gasteiger partial charge in [-0.15, -0.1) is 0 Å². The predicted molar refractivity (Wildman–Crippen MR) is 76.6 cm³/mol. The van der Waals surface area contributed by atoms with E-state index >= 15 is 0 Å². The van der Waals surface area contributed by atoms with Crippen LogP contribution in [0.15, 0.2) is 24.3 Å². The Hall–Kier alpha value is -2.04. The summed E-state index contributed by atoms with van der Waals surface area (Å²) in [5, 5.41) is 5.40. The lowest BCUT2D eigenvalue weighted by Crippen LogP contribution is -2.24. The number of hydrogen-bond donors (Lipinski definition) is 2. The Morgan fingerprint density at radius 1 is 1.20 bits per heavy atom. The summed E-state index contributed by atoms with van der Waals surface area (Å²) < 4.78 is 5.29. The number of amides is 2. The summed E-state index contributed by atoms with van der Waals surface area (Å²) in [7, 11) is 1.56. The molecule has 0 aliphatic heterocycles. The third-order valence-electron chi connectivity index (χ3n) is 3.50. The first-order valence-corrected chi connectivity index (χ1v) is 6.93. The van der Waals surface area contributed by atoms with Crippen LogP contribution >= 0.6 is 0 Å². The van der Waals surface area contributed by atoms with E-state index in [9.17, 15) is 9.59 Å². The first-order valence-electron chi connectivity index (χ1n) is 6.93. The number of benzene rings is 1. The number of ether oxygens (including phenoxy) is 1. The van der Waals surface area contributed by atoms with Gasteiger partial charge in [-0.2, -0.15) is 0 Å². The minimum Gasteiger partial charge on any atom is -0.484 e. The van der Waals surface area contributed by atoms with Crippen LogP contribution < -0.4 is 15.4 Å². The lowest BCUT2D eigenvalue weighted by molar-refractivity contribution is -0.122. The quantitative estimate of drug-likeness (QED) is 0.863. The van der Waals surface area contributed by atoms with Crippen LogP contribution in [0, 0.1) is 5.92 Å². The molecule has 1 aromatic carbocycles. The van der Waals surface area contributed by atoms with Gasteiger partial charge in [0.2, 0.25) is 5.91 Å². The van der Waals surface area contributed by atoms with Crippen molar-refractivity contribution in [3.05, 3.63) is 24.3 Å². The highest BCUT2D eigenvalue weighted by Crippen LogP contribution is 2.26. The van der Waals surface area contributed by atoms with Crippen LogP contribution in [0.2, 0.25) is 0 Å². The molecule has 1 aliphatic carbocycles. The maximum atomic E-state index is 12.0. The fourth-order valence-electron chi connectivity index (χ4n) is 2.29. The molecule has 5 nitrogen and oxygen atoms in total. The van der Waals surface area contributed by atoms with Gasteiger partial charge in [0.15, 0.2) is 6.61 Å². The molecular formula is C15H20N2O3. The number of carbonyl (C=O) groups excluding carboxylic acids is 2. The minimum absolute atomic E-state index is 0.00964. The summed E-state index contributed by atoms with van der Waals surface area (Å²) in [6, 6.07) is 7.05. The van der Waals surface area contributed by atoms with E-state index in [4.69, 9.17) is 4.74 Å². The molecule has 20 heavy (non-hydrogen) atoms. The van der Waals surface area contributed by atoms with E-state index in [0.717, 1.165) is 31.4 Å². The molecule has 5 heteroatoms. The monoisotopic (exact) mass is 276 g/mol. The molecule has 0 heterocycles. The van der Waals surface area contributed by atoms with Crippen molar-refractivity contribution >= 4 is 17.5 Å². The second kappa shape index (κ2) is 6.93. The van der Waals surface area contributed by atoms with Crippen LogP contribution in [0.25, 0.3) is 0 Å². The molecule has 108 valence electrons. The Balaban J connectivity index is 1.84. The predicted octanol–water partition coefficient (Wildman–Crippen LogP) is 1.94. The van der Waals surface area contributed by atoms with Crippen LogP contribution in [0.3, 0.4) is 0 Å². The Morgan fingerprint density at radius 2 is 1.85 bits per heavy atom. The fourth-order valence-corrected chi connectivity index (χ4v) is 2.29. The van der Waals surface area contributed by atoms with Gasteiger partial charge >= 0.3 is 0 Å². The molecule has 1 saturated carbocycles. The summed E-state index contributed by atoms with van der Waals surface area (Å²) >= 11 is 0. The molecular weight excluding hydrogens is 256 g/mol. The highest BCUT2D eigenvalue weighted by Gasteiger charge is 2.22. The van der Waals surface area contributed by atoms with Gasteiger partial charge in [0.05, 0.1) is 0 Å². The lowest BCUT2D eigenvalue weighted by atomic mass is 10.1. The van der Waals surface area contributed by atoms with E-state index in [1.807, 2.05) is 0 Å². The van der Waals surface area contributed by atoms with Crippen molar-refractivity contribution in [2.24, 2.45) is 5.92 Å². The van der Waals surface area contributed by atoms with Crippen molar-refractivity contribution in [3.8, 4) is 5.75 Å². The molecule has 1 aromatic rings. The van der Waals surface area contributed by atoms with Crippen molar-refractivity contribution in [1.82, 2.24) is 5.32 Å². The van der Waals surface area contributed by atoms with Crippen molar-refractivity contribution in [1.29, 1.82) is 0 Å². The van der Waals surface area contributed by atoms with E-state index in [0.29, 0.717) is 5.75 Å². The summed E-state index contributed by atoms with van der Waals surface area (Å²) in [4.78, 5) is 23.0. The normalized spacial score (nSPS) is 14.8. The number of likely N-dealkylation sites (N-methyl/N-ethyl adjacent to an activating group) is 1. The summed E-state index contributed by atoms with van der Waals surface area (Å²) in [6.07, 6.45) is 4.26. The lowest BCUT2D eigenvalue weighted by Gasteiger charge is -2.11. The van der Waals surface area contributed by atoms with Gasteiger partial charge in [0.25, 0.3) is 5.91 Å². The van der Waals surface area contributed by atoms with Crippen molar-refractivity contribution in [2.75, 3.05) is 19.0 Å². The third-order valence-corrected chi connectivity index (χ3v) is 3.50. The standard InChI is InChI=1S/C15H20N2O3/c1-16-14(18)10-20-13-8-6-12(7-9-13)17-15(19)11-4-2-3-5-11/h6-9,11H,2-5,10H2,1H3,(H,16,18)(H,17,19). The topological polar surface area (TPSA) is 67.4 Å². The van der Waals surface area contributed by atoms with Gasteiger partial charge in [0, 0.05) is 18.7 Å². The number of hydrogen-bond acceptors (Lipinski definition) is 3. The van der Waals surface area contributed by atoms with Gasteiger partial charge in [0.1, 0.15) is 5.75 Å². The zero-order chi connectivity index (χ0) is 14.4. The minimum atomic E-state index is -0.177. The molecule has 0 radical (unpaired) electrons. The molecule has 1 aliphatic rings. The Morgan fingerprint density at radius 3 is 2.45 bits per heavy atom. The van der Waals surface area contributed by atoms with Gasteiger partial charge in [-0.05, 0) is 37.1 Å². The zero-order valence-corrected chi connectivity index (χ0v) is 11.6. The van der Waals surface area contributed by atoms with E-state index in [-0.39, 0.29) is 24.3 Å². The van der Waals surface area contributed by atoms with Gasteiger partial charge < -0.3 is 15.4 Å². The van der Waals surface area contributed by atoms with Crippen molar-refractivity contribution < 1.29 is 14.3 Å². The van der Waals surface area contributed by atoms with Crippen LogP contribution in [-0.2, 0) is 9.59 Å². The van der Waals surface area contributed by atoms with E-state index < -0.39 is 0 Å². The average molecular weight is 276 g/mol. The van der Waals surface area contributed by atoms with Crippen LogP contribution in [0.5, 0.6) is 5.75 Å². The number of carbonyl (C=O) groups is 2. The maximum Gasteiger partial charge on any atom is 0.257 e. The molecule has 0 saturated heterocycles. The summed E-state index contributed by atoms with van der Waals surface area (Å²) in [6.45, 7) is -0.00964. The fraction of sp³-hybridized carbons (Fsp3) is 0.467. The summed E-state index contributed by atoms with van der Waals surface area (Å²) in [5.74, 6) is 0.678.